The Hall–Kier alpha value is -2.09. The zero-order valence-electron chi connectivity index (χ0n) is 13.9. The number of hydrogen-bond acceptors (Lipinski definition) is 4. The summed E-state index contributed by atoms with van der Waals surface area (Å²) in [6.45, 7) is 1.72. The van der Waals surface area contributed by atoms with E-state index in [2.05, 4.69) is 4.72 Å². The number of hydrogen-bond donors (Lipinski definition) is 1. The molecule has 134 valence electrons. The molecule has 0 aliphatic carbocycles. The fourth-order valence-corrected chi connectivity index (χ4v) is 3.63. The number of sulfonamides is 1. The molecule has 2 aromatic carbocycles. The highest BCUT2D eigenvalue weighted by Crippen LogP contribution is 2.26. The Morgan fingerprint density at radius 3 is 2.44 bits per heavy atom. The van der Waals surface area contributed by atoms with Crippen LogP contribution >= 0.6 is 11.6 Å². The molecule has 0 aliphatic rings. The van der Waals surface area contributed by atoms with Crippen molar-refractivity contribution in [3.8, 4) is 5.75 Å². The van der Waals surface area contributed by atoms with Gasteiger partial charge in [0.2, 0.25) is 15.9 Å². The van der Waals surface area contributed by atoms with E-state index in [0.717, 1.165) is 0 Å². The minimum atomic E-state index is -3.74. The second-order valence-electron chi connectivity index (χ2n) is 5.20. The number of anilines is 1. The Labute approximate surface area is 152 Å². The summed E-state index contributed by atoms with van der Waals surface area (Å²) in [4.78, 5) is 13.3. The molecule has 0 unspecified atom stereocenters. The van der Waals surface area contributed by atoms with Crippen molar-refractivity contribution < 1.29 is 17.9 Å². The van der Waals surface area contributed by atoms with E-state index in [4.69, 9.17) is 16.3 Å². The van der Waals surface area contributed by atoms with Crippen molar-refractivity contribution in [2.75, 3.05) is 25.1 Å². The molecule has 2 aromatic rings. The topological polar surface area (TPSA) is 75.7 Å². The quantitative estimate of drug-likeness (QED) is 0.798. The smallest absolute Gasteiger partial charge is 0.240 e. The molecule has 0 radical (unpaired) electrons. The van der Waals surface area contributed by atoms with E-state index in [1.807, 2.05) is 18.2 Å². The van der Waals surface area contributed by atoms with Crippen molar-refractivity contribution in [1.82, 2.24) is 4.72 Å². The summed E-state index contributed by atoms with van der Waals surface area (Å²) in [5.41, 5.74) is 0.710. The lowest BCUT2D eigenvalue weighted by atomic mass is 10.3. The number of nitrogens with zero attached hydrogens (tertiary/aromatic N) is 1. The van der Waals surface area contributed by atoms with Crippen molar-refractivity contribution >= 4 is 33.2 Å². The van der Waals surface area contributed by atoms with Crippen molar-refractivity contribution in [1.29, 1.82) is 0 Å². The number of para-hydroxylation sites is 1. The molecular weight excluding hydrogens is 364 g/mol. The molecule has 6 nitrogen and oxygen atoms in total. The highest BCUT2D eigenvalue weighted by atomic mass is 35.5. The van der Waals surface area contributed by atoms with Crippen LogP contribution in [0, 0.1) is 0 Å². The lowest BCUT2D eigenvalue weighted by Crippen LogP contribution is -2.37. The molecule has 0 fully saturated rings. The highest BCUT2D eigenvalue weighted by Gasteiger charge is 2.17. The van der Waals surface area contributed by atoms with E-state index in [9.17, 15) is 13.2 Å². The van der Waals surface area contributed by atoms with Gasteiger partial charge in [0.15, 0.2) is 0 Å². The number of benzene rings is 2. The molecule has 0 aliphatic heterocycles. The van der Waals surface area contributed by atoms with Crippen molar-refractivity contribution in [2.45, 2.75) is 11.8 Å². The van der Waals surface area contributed by atoms with E-state index in [1.54, 1.807) is 12.1 Å². The highest BCUT2D eigenvalue weighted by molar-refractivity contribution is 7.89. The lowest BCUT2D eigenvalue weighted by molar-refractivity contribution is -0.116. The molecule has 0 heterocycles. The van der Waals surface area contributed by atoms with Gasteiger partial charge in [-0.3, -0.25) is 4.79 Å². The Balaban J connectivity index is 2.06. The monoisotopic (exact) mass is 382 g/mol. The maximum absolute atomic E-state index is 12.4. The van der Waals surface area contributed by atoms with Gasteiger partial charge in [-0.1, -0.05) is 29.8 Å². The van der Waals surface area contributed by atoms with Crippen molar-refractivity contribution in [2.24, 2.45) is 0 Å². The average molecular weight is 383 g/mol. The van der Waals surface area contributed by atoms with Gasteiger partial charge in [-0.15, -0.1) is 0 Å². The summed E-state index contributed by atoms with van der Waals surface area (Å²) in [5, 5.41) is 0.208. The second-order valence-corrected chi connectivity index (χ2v) is 7.37. The van der Waals surface area contributed by atoms with Crippen LogP contribution in [0.1, 0.15) is 6.92 Å². The molecule has 1 N–H and O–H groups in total. The van der Waals surface area contributed by atoms with Gasteiger partial charge in [-0.2, -0.15) is 0 Å². The molecule has 0 saturated heterocycles. The number of nitrogens with one attached hydrogen (secondary N) is 1. The van der Waals surface area contributed by atoms with Gasteiger partial charge in [-0.05, 0) is 30.3 Å². The normalized spacial score (nSPS) is 11.2. The summed E-state index contributed by atoms with van der Waals surface area (Å²) in [5.74, 6) is 0.227. The fraction of sp³-hybridized carbons (Fsp3) is 0.235. The van der Waals surface area contributed by atoms with Gasteiger partial charge in [0.1, 0.15) is 5.75 Å². The zero-order valence-corrected chi connectivity index (χ0v) is 15.5. The standard InChI is InChI=1S/C17H19ClN2O4S/c1-13(21)20(14-6-4-3-5-7-14)11-10-19-25(22,23)15-8-9-17(24-2)16(18)12-15/h3-9,12,19H,10-11H2,1-2H3. The van der Waals surface area contributed by atoms with Gasteiger partial charge in [-0.25, -0.2) is 13.1 Å². The predicted molar refractivity (Wildman–Crippen MR) is 97.7 cm³/mol. The summed E-state index contributed by atoms with van der Waals surface area (Å²) in [7, 11) is -2.29. The second kappa shape index (κ2) is 8.33. The largest absolute Gasteiger partial charge is 0.495 e. The van der Waals surface area contributed by atoms with Gasteiger partial charge >= 0.3 is 0 Å². The van der Waals surface area contributed by atoms with Gasteiger partial charge in [0, 0.05) is 25.7 Å². The number of ether oxygens (including phenoxy) is 1. The molecule has 0 aromatic heterocycles. The molecule has 0 atom stereocenters. The first-order chi connectivity index (χ1) is 11.8. The molecule has 0 bridgehead atoms. The Bertz CT molecular complexity index is 841. The van der Waals surface area contributed by atoms with Gasteiger partial charge in [0.05, 0.1) is 17.0 Å². The minimum Gasteiger partial charge on any atom is -0.495 e. The molecule has 1 amide bonds. The first kappa shape index (κ1) is 19.2. The van der Waals surface area contributed by atoms with Crippen molar-refractivity contribution in [3.63, 3.8) is 0 Å². The third-order valence-corrected chi connectivity index (χ3v) is 5.26. The number of rotatable bonds is 7. The molecule has 0 spiro atoms. The van der Waals surface area contributed by atoms with E-state index in [1.165, 1.54) is 37.1 Å². The Morgan fingerprint density at radius 2 is 1.88 bits per heavy atom. The predicted octanol–water partition coefficient (Wildman–Crippen LogP) is 2.68. The van der Waals surface area contributed by atoms with Crippen LogP contribution in [0.4, 0.5) is 5.69 Å². The van der Waals surface area contributed by atoms with Gasteiger partial charge < -0.3 is 9.64 Å². The first-order valence-corrected chi connectivity index (χ1v) is 9.37. The number of carbonyl (C=O) groups is 1. The summed E-state index contributed by atoms with van der Waals surface area (Å²) >= 11 is 5.97. The minimum absolute atomic E-state index is 0.0346. The maximum Gasteiger partial charge on any atom is 0.240 e. The number of methoxy groups -OCH3 is 1. The first-order valence-electron chi connectivity index (χ1n) is 7.51. The molecule has 8 heteroatoms. The van der Waals surface area contributed by atoms with Crippen LogP contribution < -0.4 is 14.4 Å². The number of halogens is 1. The molecule has 0 saturated carbocycles. The molecule has 25 heavy (non-hydrogen) atoms. The number of amides is 1. The van der Waals surface area contributed by atoms with Gasteiger partial charge in [0.25, 0.3) is 0 Å². The van der Waals surface area contributed by atoms with Crippen molar-refractivity contribution in [3.05, 3.63) is 53.6 Å². The summed E-state index contributed by atoms with van der Waals surface area (Å²) < 4.78 is 32.2. The SMILES string of the molecule is COc1ccc(S(=O)(=O)NCCN(C(C)=O)c2ccccc2)cc1Cl. The summed E-state index contributed by atoms with van der Waals surface area (Å²) in [6, 6.07) is 13.3. The van der Waals surface area contributed by atoms with Crippen LogP contribution in [0.25, 0.3) is 0 Å². The van der Waals surface area contributed by atoms with Crippen LogP contribution in [0.3, 0.4) is 0 Å². The zero-order chi connectivity index (χ0) is 18.4. The van der Waals surface area contributed by atoms with E-state index in [-0.39, 0.29) is 28.9 Å². The van der Waals surface area contributed by atoms with E-state index < -0.39 is 10.0 Å². The van der Waals surface area contributed by atoms with E-state index >= 15 is 0 Å². The summed E-state index contributed by atoms with van der Waals surface area (Å²) in [6.07, 6.45) is 0. The van der Waals surface area contributed by atoms with Crippen LogP contribution in [0.2, 0.25) is 5.02 Å². The lowest BCUT2D eigenvalue weighted by Gasteiger charge is -2.21. The third-order valence-electron chi connectivity index (χ3n) is 3.51. The molecular formula is C17H19ClN2O4S. The van der Waals surface area contributed by atoms with Crippen LogP contribution in [0.5, 0.6) is 5.75 Å². The third kappa shape index (κ3) is 4.94. The fourth-order valence-electron chi connectivity index (χ4n) is 2.27. The van der Waals surface area contributed by atoms with Crippen LogP contribution in [-0.4, -0.2) is 34.5 Å². The maximum atomic E-state index is 12.4. The average Bonchev–Trinajstić information content (AvgIpc) is 2.59. The Morgan fingerprint density at radius 1 is 1.20 bits per heavy atom. The van der Waals surface area contributed by atoms with E-state index in [0.29, 0.717) is 11.4 Å². The number of carbonyl (C=O) groups excluding carboxylic acids is 1. The molecule has 2 rings (SSSR count). The van der Waals surface area contributed by atoms with Crippen LogP contribution in [0.15, 0.2) is 53.4 Å². The van der Waals surface area contributed by atoms with Crippen LogP contribution in [-0.2, 0) is 14.8 Å². The Kier molecular flexibility index (Phi) is 6.41.